The molecule has 0 saturated carbocycles. The van der Waals surface area contributed by atoms with Gasteiger partial charge in [0, 0.05) is 23.5 Å². The van der Waals surface area contributed by atoms with Gasteiger partial charge in [-0.1, -0.05) is 12.1 Å². The molecule has 0 aromatic heterocycles. The van der Waals surface area contributed by atoms with E-state index in [-0.39, 0.29) is 15.4 Å². The molecule has 1 aliphatic heterocycles. The molecule has 0 bridgehead atoms. The van der Waals surface area contributed by atoms with E-state index in [9.17, 15) is 13.2 Å². The standard InChI is InChI=1S/C24H21NO6S/c1-29-18-11-8-16(9-12-18)24(26)23-15-25(17-10-13-20(30-2)21(14-17)31-3)19-6-4-5-7-22(19)32(23,27)28/h4-15H,1-3H3. The second-order valence-electron chi connectivity index (χ2n) is 6.93. The van der Waals surface area contributed by atoms with Crippen molar-refractivity contribution < 1.29 is 27.4 Å². The zero-order valence-corrected chi connectivity index (χ0v) is 18.5. The number of ether oxygens (including phenoxy) is 3. The molecule has 0 unspecified atom stereocenters. The van der Waals surface area contributed by atoms with Gasteiger partial charge in [-0.25, -0.2) is 8.42 Å². The summed E-state index contributed by atoms with van der Waals surface area (Å²) in [5.41, 5.74) is 1.29. The highest BCUT2D eigenvalue weighted by atomic mass is 32.2. The number of benzene rings is 3. The third-order valence-electron chi connectivity index (χ3n) is 5.17. The van der Waals surface area contributed by atoms with Crippen LogP contribution < -0.4 is 19.1 Å². The molecule has 32 heavy (non-hydrogen) atoms. The van der Waals surface area contributed by atoms with Crippen molar-refractivity contribution in [2.45, 2.75) is 4.90 Å². The van der Waals surface area contributed by atoms with Crippen LogP contribution in [0.25, 0.3) is 0 Å². The SMILES string of the molecule is COc1ccc(C(=O)C2=CN(c3ccc(OC)c(OC)c3)c3ccccc3S2(=O)=O)cc1. The first kappa shape index (κ1) is 21.5. The van der Waals surface area contributed by atoms with E-state index in [2.05, 4.69) is 0 Å². The lowest BCUT2D eigenvalue weighted by atomic mass is 10.1. The minimum absolute atomic E-state index is 0.0501. The Morgan fingerprint density at radius 1 is 0.812 bits per heavy atom. The van der Waals surface area contributed by atoms with E-state index in [0.29, 0.717) is 28.6 Å². The Bertz CT molecular complexity index is 1310. The number of carbonyl (C=O) groups is 1. The second kappa shape index (κ2) is 8.39. The Morgan fingerprint density at radius 3 is 2.16 bits per heavy atom. The Balaban J connectivity index is 1.88. The molecular formula is C24H21NO6S. The number of methoxy groups -OCH3 is 3. The van der Waals surface area contributed by atoms with Crippen molar-refractivity contribution in [3.05, 3.63) is 83.4 Å². The van der Waals surface area contributed by atoms with Crippen LogP contribution >= 0.6 is 0 Å². The van der Waals surface area contributed by atoms with Crippen LogP contribution in [0.2, 0.25) is 0 Å². The lowest BCUT2D eigenvalue weighted by molar-refractivity contribution is 0.104. The van der Waals surface area contributed by atoms with Gasteiger partial charge in [-0.15, -0.1) is 0 Å². The summed E-state index contributed by atoms with van der Waals surface area (Å²) >= 11 is 0. The number of anilines is 2. The predicted octanol–water partition coefficient (Wildman–Crippen LogP) is 4.36. The molecule has 7 nitrogen and oxygen atoms in total. The first-order chi connectivity index (χ1) is 15.4. The average Bonchev–Trinajstić information content (AvgIpc) is 2.83. The van der Waals surface area contributed by atoms with Gasteiger partial charge in [-0.05, 0) is 48.5 Å². The summed E-state index contributed by atoms with van der Waals surface area (Å²) in [7, 11) is 0.536. The molecule has 0 saturated heterocycles. The fourth-order valence-corrected chi connectivity index (χ4v) is 5.05. The van der Waals surface area contributed by atoms with E-state index in [4.69, 9.17) is 14.2 Å². The smallest absolute Gasteiger partial charge is 0.214 e. The van der Waals surface area contributed by atoms with E-state index in [1.807, 2.05) is 0 Å². The Hall–Kier alpha value is -3.78. The maximum Gasteiger partial charge on any atom is 0.214 e. The molecule has 8 heteroatoms. The van der Waals surface area contributed by atoms with Gasteiger partial charge in [-0.2, -0.15) is 0 Å². The quantitative estimate of drug-likeness (QED) is 0.515. The number of nitrogens with zero attached hydrogens (tertiary/aromatic N) is 1. The Labute approximate surface area is 186 Å². The number of hydrogen-bond acceptors (Lipinski definition) is 7. The summed E-state index contributed by atoms with van der Waals surface area (Å²) in [6.07, 6.45) is 1.35. The molecule has 0 amide bonds. The molecule has 0 atom stereocenters. The van der Waals surface area contributed by atoms with Gasteiger partial charge in [0.05, 0.1) is 31.9 Å². The fourth-order valence-electron chi connectivity index (χ4n) is 3.51. The molecule has 1 heterocycles. The van der Waals surface area contributed by atoms with Crippen molar-refractivity contribution in [3.63, 3.8) is 0 Å². The largest absolute Gasteiger partial charge is 0.497 e. The molecule has 0 fully saturated rings. The zero-order valence-electron chi connectivity index (χ0n) is 17.7. The third-order valence-corrected chi connectivity index (χ3v) is 6.97. The van der Waals surface area contributed by atoms with Crippen LogP contribution in [0.4, 0.5) is 11.4 Å². The molecule has 0 spiro atoms. The molecule has 0 radical (unpaired) electrons. The summed E-state index contributed by atoms with van der Waals surface area (Å²) in [6, 6.07) is 18.1. The van der Waals surface area contributed by atoms with Crippen LogP contribution in [0.1, 0.15) is 10.4 Å². The van der Waals surface area contributed by atoms with Crippen LogP contribution in [0.15, 0.2) is 82.7 Å². The number of para-hydroxylation sites is 1. The van der Waals surface area contributed by atoms with Crippen molar-refractivity contribution in [2.24, 2.45) is 0 Å². The molecule has 0 aliphatic carbocycles. The van der Waals surface area contributed by atoms with Crippen LogP contribution in [0.5, 0.6) is 17.2 Å². The van der Waals surface area contributed by atoms with Crippen molar-refractivity contribution >= 4 is 27.0 Å². The highest BCUT2D eigenvalue weighted by molar-refractivity contribution is 7.96. The van der Waals surface area contributed by atoms with Crippen LogP contribution in [0, 0.1) is 0 Å². The number of ketones is 1. The second-order valence-corrected chi connectivity index (χ2v) is 8.82. The van der Waals surface area contributed by atoms with Crippen molar-refractivity contribution in [1.29, 1.82) is 0 Å². The fraction of sp³-hybridized carbons (Fsp3) is 0.125. The summed E-state index contributed by atoms with van der Waals surface area (Å²) in [5, 5.41) is 0. The maximum atomic E-state index is 13.4. The predicted molar refractivity (Wildman–Crippen MR) is 121 cm³/mol. The Morgan fingerprint density at radius 2 is 1.50 bits per heavy atom. The molecule has 3 aromatic carbocycles. The highest BCUT2D eigenvalue weighted by Crippen LogP contribution is 2.42. The number of hydrogen-bond donors (Lipinski definition) is 0. The topological polar surface area (TPSA) is 82.1 Å². The number of Topliss-reactive ketones (excluding diaryl/α,β-unsaturated/α-hetero) is 1. The zero-order chi connectivity index (χ0) is 22.9. The summed E-state index contributed by atoms with van der Waals surface area (Å²) in [5.74, 6) is 0.979. The van der Waals surface area contributed by atoms with Gasteiger partial charge in [0.25, 0.3) is 0 Å². The monoisotopic (exact) mass is 451 g/mol. The van der Waals surface area contributed by atoms with E-state index in [1.165, 1.54) is 33.6 Å². The van der Waals surface area contributed by atoms with E-state index >= 15 is 0 Å². The Kier molecular flexibility index (Phi) is 5.63. The van der Waals surface area contributed by atoms with Gasteiger partial charge in [0.2, 0.25) is 15.6 Å². The minimum Gasteiger partial charge on any atom is -0.497 e. The van der Waals surface area contributed by atoms with Crippen LogP contribution in [0.3, 0.4) is 0 Å². The molecular weight excluding hydrogens is 430 g/mol. The van der Waals surface area contributed by atoms with Crippen molar-refractivity contribution in [1.82, 2.24) is 0 Å². The van der Waals surface area contributed by atoms with E-state index in [0.717, 1.165) is 0 Å². The molecule has 3 aromatic rings. The van der Waals surface area contributed by atoms with Gasteiger partial charge in [0.15, 0.2) is 11.5 Å². The molecule has 1 aliphatic rings. The van der Waals surface area contributed by atoms with E-state index in [1.54, 1.807) is 65.6 Å². The number of carbonyl (C=O) groups excluding carboxylic acids is 1. The van der Waals surface area contributed by atoms with Gasteiger partial charge in [-0.3, -0.25) is 4.79 Å². The lowest BCUT2D eigenvalue weighted by Gasteiger charge is -2.29. The molecule has 0 N–H and O–H groups in total. The third kappa shape index (κ3) is 3.58. The van der Waals surface area contributed by atoms with Crippen LogP contribution in [-0.2, 0) is 9.84 Å². The first-order valence-corrected chi connectivity index (χ1v) is 11.1. The van der Waals surface area contributed by atoms with Gasteiger partial charge in [0.1, 0.15) is 10.7 Å². The number of allylic oxidation sites excluding steroid dienone is 1. The van der Waals surface area contributed by atoms with Gasteiger partial charge < -0.3 is 19.1 Å². The summed E-state index contributed by atoms with van der Waals surface area (Å²) in [6.45, 7) is 0. The summed E-state index contributed by atoms with van der Waals surface area (Å²) in [4.78, 5) is 14.7. The number of rotatable bonds is 6. The van der Waals surface area contributed by atoms with Crippen LogP contribution in [-0.4, -0.2) is 35.5 Å². The van der Waals surface area contributed by atoms with Crippen molar-refractivity contribution in [3.8, 4) is 17.2 Å². The number of fused-ring (bicyclic) bond motifs is 1. The van der Waals surface area contributed by atoms with Crippen molar-refractivity contribution in [2.75, 3.05) is 26.2 Å². The average molecular weight is 452 g/mol. The molecule has 164 valence electrons. The minimum atomic E-state index is -4.03. The lowest BCUT2D eigenvalue weighted by Crippen LogP contribution is -2.25. The van der Waals surface area contributed by atoms with Gasteiger partial charge >= 0.3 is 0 Å². The normalized spacial score (nSPS) is 14.2. The molecule has 4 rings (SSSR count). The van der Waals surface area contributed by atoms with E-state index < -0.39 is 15.6 Å². The maximum absolute atomic E-state index is 13.4. The first-order valence-electron chi connectivity index (χ1n) is 9.66. The highest BCUT2D eigenvalue weighted by Gasteiger charge is 2.36. The summed E-state index contributed by atoms with van der Waals surface area (Å²) < 4.78 is 42.5. The number of sulfone groups is 1.